The Hall–Kier alpha value is -2.70. The van der Waals surface area contributed by atoms with E-state index < -0.39 is 28.8 Å². The number of aromatic nitrogens is 1. The average Bonchev–Trinajstić information content (AvgIpc) is 2.48. The largest absolute Gasteiger partial charge is 0.481 e. The van der Waals surface area contributed by atoms with Crippen LogP contribution in [0.5, 0.6) is 5.88 Å². The molecule has 21 heavy (non-hydrogen) atoms. The van der Waals surface area contributed by atoms with Crippen LogP contribution in [0.1, 0.15) is 15.9 Å². The van der Waals surface area contributed by atoms with Crippen LogP contribution >= 0.6 is 0 Å². The van der Waals surface area contributed by atoms with Crippen LogP contribution in [0.3, 0.4) is 0 Å². The third kappa shape index (κ3) is 3.44. The quantitative estimate of drug-likeness (QED) is 0.844. The molecule has 1 aromatic carbocycles. The first-order chi connectivity index (χ1) is 10.0. The minimum atomic E-state index is -0.943. The number of nitrogens with two attached hydrogens (primary N) is 1. The molecule has 0 saturated carbocycles. The molecule has 0 bridgehead atoms. The van der Waals surface area contributed by atoms with E-state index in [0.717, 1.165) is 12.1 Å². The van der Waals surface area contributed by atoms with Gasteiger partial charge in [-0.3, -0.25) is 4.79 Å². The molecule has 110 valence electrons. The van der Waals surface area contributed by atoms with Crippen molar-refractivity contribution in [3.63, 3.8) is 0 Å². The van der Waals surface area contributed by atoms with E-state index in [4.69, 9.17) is 10.5 Å². The molecule has 2 aromatic rings. The van der Waals surface area contributed by atoms with Crippen molar-refractivity contribution in [1.29, 1.82) is 0 Å². The number of carbonyl (C=O) groups excluding carboxylic acids is 1. The van der Waals surface area contributed by atoms with E-state index in [-0.39, 0.29) is 6.54 Å². The lowest BCUT2D eigenvalue weighted by molar-refractivity contribution is 0.0946. The number of hydrogen-bond acceptors (Lipinski definition) is 4. The summed E-state index contributed by atoms with van der Waals surface area (Å²) in [6, 6.07) is 4.91. The summed E-state index contributed by atoms with van der Waals surface area (Å²) < 4.78 is 31.8. The third-order valence-corrected chi connectivity index (χ3v) is 2.77. The van der Waals surface area contributed by atoms with Gasteiger partial charge in [-0.25, -0.2) is 13.8 Å². The minimum Gasteiger partial charge on any atom is -0.481 e. The number of nitrogen functional groups attached to an aromatic ring is 1. The van der Waals surface area contributed by atoms with E-state index in [0.29, 0.717) is 11.4 Å². The van der Waals surface area contributed by atoms with Crippen LogP contribution in [-0.2, 0) is 6.54 Å². The molecular formula is C14H13F2N3O2. The second-order valence-corrected chi connectivity index (χ2v) is 4.25. The molecule has 0 fully saturated rings. The van der Waals surface area contributed by atoms with E-state index in [1.165, 1.54) is 13.3 Å². The lowest BCUT2D eigenvalue weighted by Crippen LogP contribution is -2.24. The first-order valence-electron chi connectivity index (χ1n) is 6.03. The highest BCUT2D eigenvalue weighted by atomic mass is 19.1. The smallest absolute Gasteiger partial charge is 0.254 e. The van der Waals surface area contributed by atoms with Crippen LogP contribution < -0.4 is 15.8 Å². The van der Waals surface area contributed by atoms with Crippen LogP contribution in [0.15, 0.2) is 30.5 Å². The molecule has 5 nitrogen and oxygen atoms in total. The molecule has 3 N–H and O–H groups in total. The van der Waals surface area contributed by atoms with Gasteiger partial charge in [-0.05, 0) is 23.8 Å². The summed E-state index contributed by atoms with van der Waals surface area (Å²) in [6.45, 7) is 0.119. The number of amides is 1. The van der Waals surface area contributed by atoms with Gasteiger partial charge in [-0.1, -0.05) is 0 Å². The van der Waals surface area contributed by atoms with Crippen molar-refractivity contribution in [1.82, 2.24) is 10.3 Å². The maximum absolute atomic E-state index is 13.7. The molecule has 0 radical (unpaired) electrons. The predicted molar refractivity (Wildman–Crippen MR) is 72.7 cm³/mol. The van der Waals surface area contributed by atoms with Gasteiger partial charge in [-0.15, -0.1) is 0 Å². The fourth-order valence-electron chi connectivity index (χ4n) is 1.73. The second kappa shape index (κ2) is 6.17. The zero-order valence-corrected chi connectivity index (χ0v) is 11.2. The van der Waals surface area contributed by atoms with Crippen LogP contribution in [0, 0.1) is 11.6 Å². The summed E-state index contributed by atoms with van der Waals surface area (Å²) in [5.74, 6) is -2.08. The molecule has 1 amide bonds. The number of benzene rings is 1. The molecule has 1 heterocycles. The average molecular weight is 293 g/mol. The summed E-state index contributed by atoms with van der Waals surface area (Å²) in [5, 5.41) is 2.48. The monoisotopic (exact) mass is 293 g/mol. The number of halogens is 2. The summed E-state index contributed by atoms with van der Waals surface area (Å²) in [6.07, 6.45) is 1.51. The Morgan fingerprint density at radius 1 is 1.38 bits per heavy atom. The molecule has 0 spiro atoms. The Morgan fingerprint density at radius 3 is 2.86 bits per heavy atom. The zero-order valence-electron chi connectivity index (χ0n) is 11.2. The highest BCUT2D eigenvalue weighted by Crippen LogP contribution is 2.17. The summed E-state index contributed by atoms with van der Waals surface area (Å²) in [7, 11) is 1.47. The van der Waals surface area contributed by atoms with Crippen LogP contribution in [0.4, 0.5) is 14.5 Å². The standard InChI is InChI=1S/C14H13F2N3O2/c1-21-12-4-8(2-3-18-12)7-19-14(20)10-5-9(15)6-11(17)13(10)16/h2-6H,7,17H2,1H3,(H,19,20). The second-order valence-electron chi connectivity index (χ2n) is 4.25. The molecule has 0 aliphatic rings. The molecule has 0 unspecified atom stereocenters. The van der Waals surface area contributed by atoms with Crippen molar-refractivity contribution in [2.24, 2.45) is 0 Å². The van der Waals surface area contributed by atoms with Crippen molar-refractivity contribution in [2.75, 3.05) is 12.8 Å². The van der Waals surface area contributed by atoms with Crippen molar-refractivity contribution in [3.8, 4) is 5.88 Å². The van der Waals surface area contributed by atoms with Crippen molar-refractivity contribution in [2.45, 2.75) is 6.54 Å². The minimum absolute atomic E-state index is 0.119. The van der Waals surface area contributed by atoms with Gasteiger partial charge in [-0.2, -0.15) is 0 Å². The number of carbonyl (C=O) groups is 1. The molecule has 0 aliphatic heterocycles. The number of methoxy groups -OCH3 is 1. The maximum Gasteiger partial charge on any atom is 0.254 e. The fraction of sp³-hybridized carbons (Fsp3) is 0.143. The number of nitrogens with one attached hydrogen (secondary N) is 1. The highest BCUT2D eigenvalue weighted by molar-refractivity contribution is 5.95. The van der Waals surface area contributed by atoms with Gasteiger partial charge in [0.1, 0.15) is 5.82 Å². The van der Waals surface area contributed by atoms with E-state index in [9.17, 15) is 13.6 Å². The molecule has 0 saturated heterocycles. The first kappa shape index (κ1) is 14.7. The van der Waals surface area contributed by atoms with Gasteiger partial charge in [0, 0.05) is 18.8 Å². The topological polar surface area (TPSA) is 77.2 Å². The van der Waals surface area contributed by atoms with E-state index in [2.05, 4.69) is 10.3 Å². The zero-order chi connectivity index (χ0) is 15.4. The maximum atomic E-state index is 13.7. The van der Waals surface area contributed by atoms with Crippen molar-refractivity contribution in [3.05, 3.63) is 53.2 Å². The van der Waals surface area contributed by atoms with Gasteiger partial charge in [0.2, 0.25) is 5.88 Å². The van der Waals surface area contributed by atoms with Gasteiger partial charge in [0.15, 0.2) is 5.82 Å². The normalized spacial score (nSPS) is 10.2. The lowest BCUT2D eigenvalue weighted by atomic mass is 10.1. The predicted octanol–water partition coefficient (Wildman–Crippen LogP) is 1.88. The summed E-state index contributed by atoms with van der Waals surface area (Å²) >= 11 is 0. The van der Waals surface area contributed by atoms with Crippen LogP contribution in [0.25, 0.3) is 0 Å². The molecule has 1 aromatic heterocycles. The SMILES string of the molecule is COc1cc(CNC(=O)c2cc(F)cc(N)c2F)ccn1. The van der Waals surface area contributed by atoms with Crippen LogP contribution in [-0.4, -0.2) is 18.0 Å². The van der Waals surface area contributed by atoms with Crippen molar-refractivity contribution >= 4 is 11.6 Å². The van der Waals surface area contributed by atoms with Gasteiger partial charge in [0.25, 0.3) is 5.91 Å². The fourth-order valence-corrected chi connectivity index (χ4v) is 1.73. The molecule has 0 aliphatic carbocycles. The van der Waals surface area contributed by atoms with Crippen LogP contribution in [0.2, 0.25) is 0 Å². The van der Waals surface area contributed by atoms with Crippen molar-refractivity contribution < 1.29 is 18.3 Å². The lowest BCUT2D eigenvalue weighted by Gasteiger charge is -2.08. The first-order valence-corrected chi connectivity index (χ1v) is 6.03. The number of hydrogen-bond donors (Lipinski definition) is 2. The Labute approximate surface area is 119 Å². The number of anilines is 1. The molecule has 0 atom stereocenters. The number of rotatable bonds is 4. The highest BCUT2D eigenvalue weighted by Gasteiger charge is 2.15. The van der Waals surface area contributed by atoms with Gasteiger partial charge >= 0.3 is 0 Å². The molecule has 7 heteroatoms. The van der Waals surface area contributed by atoms with E-state index >= 15 is 0 Å². The Kier molecular flexibility index (Phi) is 4.32. The Balaban J connectivity index is 2.11. The number of ether oxygens (including phenoxy) is 1. The third-order valence-electron chi connectivity index (χ3n) is 2.77. The van der Waals surface area contributed by atoms with E-state index in [1.807, 2.05) is 0 Å². The van der Waals surface area contributed by atoms with Gasteiger partial charge in [0.05, 0.1) is 18.4 Å². The molecular weight excluding hydrogens is 280 g/mol. The van der Waals surface area contributed by atoms with Gasteiger partial charge < -0.3 is 15.8 Å². The summed E-state index contributed by atoms with van der Waals surface area (Å²) in [4.78, 5) is 15.8. The summed E-state index contributed by atoms with van der Waals surface area (Å²) in [5.41, 5.74) is 5.15. The molecule has 2 rings (SSSR count). The number of nitrogens with zero attached hydrogens (tertiary/aromatic N) is 1. The Morgan fingerprint density at radius 2 is 2.14 bits per heavy atom. The Bertz CT molecular complexity index is 677. The van der Waals surface area contributed by atoms with E-state index in [1.54, 1.807) is 12.1 Å². The number of pyridine rings is 1.